The van der Waals surface area contributed by atoms with Crippen molar-refractivity contribution in [1.82, 2.24) is 0 Å². The average molecular weight is 627 g/mol. The third-order valence-electron chi connectivity index (χ3n) is 4.93. The van der Waals surface area contributed by atoms with Gasteiger partial charge in [-0.05, 0) is 33.6 Å². The second kappa shape index (κ2) is 30.3. The molecule has 0 heterocycles. The fourth-order valence-electron chi connectivity index (χ4n) is 3.04. The molecule has 0 aromatic carbocycles. The number of carboxylic acids is 1. The number of ketones is 1. The number of carbonyl (C=O) groups is 3. The molecule has 0 aliphatic heterocycles. The number of ether oxygens (including phenoxy) is 10. The van der Waals surface area contributed by atoms with Crippen LogP contribution in [0.1, 0.15) is 46.5 Å². The summed E-state index contributed by atoms with van der Waals surface area (Å²) in [5.74, 6) is -1.21. The maximum Gasteiger partial charge on any atom is 0.329 e. The molecule has 0 rings (SSSR count). The third kappa shape index (κ3) is 36.3. The lowest BCUT2D eigenvalue weighted by Gasteiger charge is -2.19. The molecule has 0 aromatic rings. The van der Waals surface area contributed by atoms with Crippen LogP contribution in [0.3, 0.4) is 0 Å². The summed E-state index contributed by atoms with van der Waals surface area (Å²) in [5, 5.41) is 8.41. The second-order valence-electron chi connectivity index (χ2n) is 10.1. The predicted molar refractivity (Wildman–Crippen MR) is 154 cm³/mol. The Hall–Kier alpha value is -1.75. The zero-order valence-corrected chi connectivity index (χ0v) is 26.3. The smallest absolute Gasteiger partial charge is 0.329 e. The summed E-state index contributed by atoms with van der Waals surface area (Å²) in [5.41, 5.74) is -0.468. The van der Waals surface area contributed by atoms with Gasteiger partial charge in [0.25, 0.3) is 0 Å². The van der Waals surface area contributed by atoms with Crippen molar-refractivity contribution in [1.29, 1.82) is 0 Å². The maximum absolute atomic E-state index is 11.9. The number of aliphatic carboxylic acids is 1. The van der Waals surface area contributed by atoms with Gasteiger partial charge in [0.1, 0.15) is 18.8 Å². The van der Waals surface area contributed by atoms with Crippen LogP contribution in [0.25, 0.3) is 0 Å². The summed E-state index contributed by atoms with van der Waals surface area (Å²) in [4.78, 5) is 33.7. The molecule has 0 spiro atoms. The standard InChI is InChI=1S/C29H54O14/c1-29(2,3)43-28(33)7-5-9-35-11-13-39-20-22-41-24-26(30)6-4-8-34-10-12-36-14-15-37-16-17-38-18-19-40-21-23-42-25-27(31)32/h4-25H2,1-3H3,(H,31,32). The summed E-state index contributed by atoms with van der Waals surface area (Å²) in [6.45, 7) is 11.8. The van der Waals surface area contributed by atoms with E-state index in [4.69, 9.17) is 52.5 Å². The van der Waals surface area contributed by atoms with Crippen LogP contribution >= 0.6 is 0 Å². The molecule has 254 valence electrons. The number of carbonyl (C=O) groups excluding carboxylic acids is 2. The highest BCUT2D eigenvalue weighted by atomic mass is 16.6. The van der Waals surface area contributed by atoms with Gasteiger partial charge in [-0.2, -0.15) is 0 Å². The third-order valence-corrected chi connectivity index (χ3v) is 4.93. The van der Waals surface area contributed by atoms with Gasteiger partial charge in [-0.3, -0.25) is 9.59 Å². The van der Waals surface area contributed by atoms with Gasteiger partial charge in [0.05, 0.1) is 92.5 Å². The first-order valence-corrected chi connectivity index (χ1v) is 14.9. The van der Waals surface area contributed by atoms with Gasteiger partial charge in [-0.1, -0.05) is 0 Å². The lowest BCUT2D eigenvalue weighted by molar-refractivity contribution is -0.155. The van der Waals surface area contributed by atoms with Gasteiger partial charge in [-0.25, -0.2) is 4.79 Å². The molecule has 14 nitrogen and oxygen atoms in total. The van der Waals surface area contributed by atoms with Crippen molar-refractivity contribution >= 4 is 17.7 Å². The average Bonchev–Trinajstić information content (AvgIpc) is 2.93. The molecule has 0 saturated carbocycles. The lowest BCUT2D eigenvalue weighted by atomic mass is 10.2. The minimum Gasteiger partial charge on any atom is -0.480 e. The molecule has 1 N–H and O–H groups in total. The quantitative estimate of drug-likeness (QED) is 0.0827. The maximum atomic E-state index is 11.9. The Balaban J connectivity index is 3.22. The number of carboxylic acid groups (broad SMARTS) is 1. The fourth-order valence-corrected chi connectivity index (χ4v) is 3.04. The van der Waals surface area contributed by atoms with Gasteiger partial charge in [0, 0.05) is 26.1 Å². The van der Waals surface area contributed by atoms with Gasteiger partial charge in [0.2, 0.25) is 0 Å². The van der Waals surface area contributed by atoms with Crippen LogP contribution in [0.5, 0.6) is 0 Å². The summed E-state index contributed by atoms with van der Waals surface area (Å²) in [7, 11) is 0. The number of hydrogen-bond acceptors (Lipinski definition) is 13. The first kappa shape index (κ1) is 41.2. The Morgan fingerprint density at radius 1 is 0.465 bits per heavy atom. The number of esters is 1. The van der Waals surface area contributed by atoms with Crippen LogP contribution in [0, 0.1) is 0 Å². The van der Waals surface area contributed by atoms with E-state index in [1.807, 2.05) is 20.8 Å². The first-order valence-electron chi connectivity index (χ1n) is 14.9. The minimum atomic E-state index is -1.00. The molecule has 43 heavy (non-hydrogen) atoms. The molecule has 0 aliphatic rings. The number of hydrogen-bond donors (Lipinski definition) is 1. The monoisotopic (exact) mass is 626 g/mol. The van der Waals surface area contributed by atoms with Gasteiger partial charge in [-0.15, -0.1) is 0 Å². The first-order chi connectivity index (χ1) is 20.7. The molecule has 0 aliphatic carbocycles. The molecule has 0 saturated heterocycles. The normalized spacial score (nSPS) is 11.6. The van der Waals surface area contributed by atoms with Crippen molar-refractivity contribution in [2.24, 2.45) is 0 Å². The Kier molecular flexibility index (Phi) is 29.1. The SMILES string of the molecule is CC(C)(C)OC(=O)CCCOCCOCCOCC(=O)CCCOCCOCCOCCOCCOCCOCC(=O)O. The van der Waals surface area contributed by atoms with E-state index in [9.17, 15) is 14.4 Å². The van der Waals surface area contributed by atoms with Gasteiger partial charge < -0.3 is 52.5 Å². The van der Waals surface area contributed by atoms with Crippen molar-refractivity contribution in [3.63, 3.8) is 0 Å². The molecule has 0 atom stereocenters. The van der Waals surface area contributed by atoms with E-state index in [-0.39, 0.29) is 31.6 Å². The van der Waals surface area contributed by atoms with Crippen molar-refractivity contribution in [2.75, 3.05) is 119 Å². The number of rotatable bonds is 33. The van der Waals surface area contributed by atoms with Crippen LogP contribution < -0.4 is 0 Å². The highest BCUT2D eigenvalue weighted by Gasteiger charge is 2.15. The Morgan fingerprint density at radius 2 is 0.791 bits per heavy atom. The van der Waals surface area contributed by atoms with E-state index in [1.165, 1.54) is 0 Å². The Labute approximate surface area is 255 Å². The zero-order valence-electron chi connectivity index (χ0n) is 26.3. The van der Waals surface area contributed by atoms with Crippen molar-refractivity contribution in [3.8, 4) is 0 Å². The topological polar surface area (TPSA) is 164 Å². The molecular weight excluding hydrogens is 572 g/mol. The van der Waals surface area contributed by atoms with Crippen LogP contribution in [-0.4, -0.2) is 147 Å². The summed E-state index contributed by atoms with van der Waals surface area (Å²) < 4.78 is 53.1. The van der Waals surface area contributed by atoms with Gasteiger partial charge >= 0.3 is 11.9 Å². The molecule has 0 fully saturated rings. The Morgan fingerprint density at radius 3 is 1.16 bits per heavy atom. The lowest BCUT2D eigenvalue weighted by Crippen LogP contribution is -2.23. The Bertz CT molecular complexity index is 668. The van der Waals surface area contributed by atoms with E-state index in [0.717, 1.165) is 0 Å². The van der Waals surface area contributed by atoms with Crippen LogP contribution in [0.15, 0.2) is 0 Å². The van der Waals surface area contributed by atoms with Crippen LogP contribution in [-0.2, 0) is 61.8 Å². The van der Waals surface area contributed by atoms with E-state index >= 15 is 0 Å². The summed E-state index contributed by atoms with van der Waals surface area (Å²) >= 11 is 0. The minimum absolute atomic E-state index is 0.0180. The van der Waals surface area contributed by atoms with E-state index in [2.05, 4.69) is 0 Å². The van der Waals surface area contributed by atoms with Crippen molar-refractivity contribution in [2.45, 2.75) is 52.1 Å². The van der Waals surface area contributed by atoms with Crippen molar-refractivity contribution in [3.05, 3.63) is 0 Å². The molecule has 0 bridgehead atoms. The van der Waals surface area contributed by atoms with Gasteiger partial charge in [0.15, 0.2) is 5.78 Å². The molecule has 0 radical (unpaired) electrons. The largest absolute Gasteiger partial charge is 0.480 e. The molecule has 0 aromatic heterocycles. The molecule has 0 amide bonds. The highest BCUT2D eigenvalue weighted by molar-refractivity contribution is 5.79. The summed E-state index contributed by atoms with van der Waals surface area (Å²) in [6.07, 6.45) is 1.94. The number of Topliss-reactive ketones (excluding diaryl/α,β-unsaturated/α-hetero) is 1. The molecule has 14 heteroatoms. The van der Waals surface area contributed by atoms with Crippen molar-refractivity contribution < 1.29 is 66.9 Å². The second-order valence-corrected chi connectivity index (χ2v) is 10.1. The van der Waals surface area contributed by atoms with E-state index in [1.54, 1.807) is 0 Å². The predicted octanol–water partition coefficient (Wildman–Crippen LogP) is 1.69. The van der Waals surface area contributed by atoms with Crippen LogP contribution in [0.2, 0.25) is 0 Å². The fraction of sp³-hybridized carbons (Fsp3) is 0.897. The molecular formula is C29H54O14. The van der Waals surface area contributed by atoms with E-state index in [0.29, 0.717) is 125 Å². The zero-order chi connectivity index (χ0) is 31.9. The van der Waals surface area contributed by atoms with E-state index < -0.39 is 11.6 Å². The molecule has 0 unspecified atom stereocenters. The van der Waals surface area contributed by atoms with Crippen LogP contribution in [0.4, 0.5) is 0 Å². The highest BCUT2D eigenvalue weighted by Crippen LogP contribution is 2.09. The summed E-state index contributed by atoms with van der Waals surface area (Å²) in [6, 6.07) is 0.